The largest absolute Gasteiger partial charge is 0.444 e. The number of rotatable bonds is 0. The van der Waals surface area contributed by atoms with Crippen molar-refractivity contribution in [3.63, 3.8) is 0 Å². The summed E-state index contributed by atoms with van der Waals surface area (Å²) >= 11 is 0. The minimum absolute atomic E-state index is 0.158. The first-order valence-electron chi connectivity index (χ1n) is 9.30. The highest BCUT2D eigenvalue weighted by atomic mass is 16.6. The number of carbonyl (C=O) groups excluding carboxylic acids is 1. The molecule has 1 saturated heterocycles. The van der Waals surface area contributed by atoms with Crippen molar-refractivity contribution in [1.82, 2.24) is 4.90 Å². The molecule has 3 aliphatic rings. The van der Waals surface area contributed by atoms with Gasteiger partial charge in [-0.1, -0.05) is 18.2 Å². The van der Waals surface area contributed by atoms with Gasteiger partial charge in [-0.3, -0.25) is 0 Å². The average Bonchev–Trinajstić information content (AvgIpc) is 2.70. The average molecular weight is 328 g/mol. The minimum Gasteiger partial charge on any atom is -0.444 e. The van der Waals surface area contributed by atoms with Gasteiger partial charge in [0.25, 0.3) is 0 Å². The molecule has 0 unspecified atom stereocenters. The van der Waals surface area contributed by atoms with Gasteiger partial charge < -0.3 is 14.5 Å². The molecule has 0 aromatic heterocycles. The fourth-order valence-corrected chi connectivity index (χ4v) is 4.66. The summed E-state index contributed by atoms with van der Waals surface area (Å²) in [5.41, 5.74) is 3.99. The van der Waals surface area contributed by atoms with E-state index in [-0.39, 0.29) is 6.09 Å². The van der Waals surface area contributed by atoms with Crippen molar-refractivity contribution in [2.75, 3.05) is 24.5 Å². The lowest BCUT2D eigenvalue weighted by atomic mass is 9.92. The third kappa shape index (κ3) is 2.66. The molecule has 24 heavy (non-hydrogen) atoms. The van der Waals surface area contributed by atoms with E-state index in [9.17, 15) is 4.79 Å². The van der Waals surface area contributed by atoms with Crippen molar-refractivity contribution >= 4 is 11.8 Å². The number of anilines is 1. The summed E-state index contributed by atoms with van der Waals surface area (Å²) in [4.78, 5) is 17.2. The smallest absolute Gasteiger partial charge is 0.410 e. The van der Waals surface area contributed by atoms with E-state index in [0.717, 1.165) is 32.5 Å². The van der Waals surface area contributed by atoms with E-state index in [0.29, 0.717) is 12.0 Å². The number of amides is 1. The van der Waals surface area contributed by atoms with Gasteiger partial charge in [0.05, 0.1) is 0 Å². The van der Waals surface area contributed by atoms with Crippen LogP contribution in [-0.4, -0.2) is 42.3 Å². The number of hydrogen-bond donors (Lipinski definition) is 0. The maximum absolute atomic E-state index is 12.6. The van der Waals surface area contributed by atoms with E-state index >= 15 is 0 Å². The van der Waals surface area contributed by atoms with Crippen molar-refractivity contribution in [2.45, 2.75) is 64.0 Å². The summed E-state index contributed by atoms with van der Waals surface area (Å²) in [5.74, 6) is 0.424. The predicted octanol–water partition coefficient (Wildman–Crippen LogP) is 3.94. The normalized spacial score (nSPS) is 25.8. The van der Waals surface area contributed by atoms with Crippen LogP contribution in [0.4, 0.5) is 10.5 Å². The van der Waals surface area contributed by atoms with Crippen LogP contribution in [0.2, 0.25) is 0 Å². The first-order chi connectivity index (χ1) is 11.4. The Balaban J connectivity index is 1.62. The maximum atomic E-state index is 12.6. The highest BCUT2D eigenvalue weighted by molar-refractivity contribution is 5.71. The number of likely N-dealkylation sites (tertiary alicyclic amines) is 1. The summed E-state index contributed by atoms with van der Waals surface area (Å²) in [6.45, 7) is 8.57. The number of para-hydroxylation sites is 1. The Morgan fingerprint density at radius 3 is 2.83 bits per heavy atom. The molecule has 4 rings (SSSR count). The monoisotopic (exact) mass is 328 g/mol. The lowest BCUT2D eigenvalue weighted by Gasteiger charge is -2.33. The summed E-state index contributed by atoms with van der Waals surface area (Å²) < 4.78 is 5.63. The number of nitrogens with zero attached hydrogens (tertiary/aromatic N) is 2. The summed E-state index contributed by atoms with van der Waals surface area (Å²) in [5, 5.41) is 0. The molecule has 130 valence electrons. The first kappa shape index (κ1) is 15.8. The first-order valence-corrected chi connectivity index (χ1v) is 9.30. The summed E-state index contributed by atoms with van der Waals surface area (Å²) in [6, 6.07) is 7.30. The van der Waals surface area contributed by atoms with E-state index in [2.05, 4.69) is 23.1 Å². The van der Waals surface area contributed by atoms with Gasteiger partial charge >= 0.3 is 6.09 Å². The fraction of sp³-hybridized carbons (Fsp3) is 0.650. The molecule has 0 aliphatic carbocycles. The van der Waals surface area contributed by atoms with Gasteiger partial charge in [-0.25, -0.2) is 4.79 Å². The molecule has 1 amide bonds. The van der Waals surface area contributed by atoms with Gasteiger partial charge in [0.15, 0.2) is 0 Å². The van der Waals surface area contributed by atoms with Crippen LogP contribution in [0, 0.1) is 0 Å². The van der Waals surface area contributed by atoms with Crippen LogP contribution < -0.4 is 4.90 Å². The molecular weight excluding hydrogens is 300 g/mol. The standard InChI is InChI=1S/C20H28N2O2/c1-20(2,3)24-19(23)21-11-6-10-17-16(13-21)15-9-4-7-14-8-5-12-22(17)18(14)15/h4,7,9,16-17H,5-6,8,10-13H2,1-3H3/t16-,17-/m1/s1. The number of carbonyl (C=O) groups is 1. The topological polar surface area (TPSA) is 32.8 Å². The summed E-state index contributed by atoms with van der Waals surface area (Å²) in [7, 11) is 0. The lowest BCUT2D eigenvalue weighted by Crippen LogP contribution is -2.41. The Morgan fingerprint density at radius 1 is 1.21 bits per heavy atom. The number of aryl methyl sites for hydroxylation is 1. The van der Waals surface area contributed by atoms with Gasteiger partial charge in [-0.2, -0.15) is 0 Å². The molecule has 4 heteroatoms. The van der Waals surface area contributed by atoms with Crippen molar-refractivity contribution in [3.8, 4) is 0 Å². The highest BCUT2D eigenvalue weighted by Crippen LogP contribution is 2.48. The Bertz CT molecular complexity index is 650. The molecular formula is C20H28N2O2. The van der Waals surface area contributed by atoms with E-state index in [1.165, 1.54) is 29.7 Å². The van der Waals surface area contributed by atoms with Crippen LogP contribution >= 0.6 is 0 Å². The van der Waals surface area contributed by atoms with E-state index in [1.807, 2.05) is 25.7 Å². The Kier molecular flexibility index (Phi) is 3.74. The second kappa shape index (κ2) is 5.68. The second-order valence-corrected chi connectivity index (χ2v) is 8.39. The summed E-state index contributed by atoms with van der Waals surface area (Å²) in [6.07, 6.45) is 4.50. The molecule has 0 saturated carbocycles. The third-order valence-corrected chi connectivity index (χ3v) is 5.54. The molecule has 0 bridgehead atoms. The zero-order chi connectivity index (χ0) is 16.9. The molecule has 3 aliphatic heterocycles. The van der Waals surface area contributed by atoms with E-state index < -0.39 is 5.60 Å². The molecule has 1 aromatic carbocycles. The zero-order valence-corrected chi connectivity index (χ0v) is 15.0. The Hall–Kier alpha value is -1.71. The van der Waals surface area contributed by atoms with Crippen LogP contribution in [0.15, 0.2) is 18.2 Å². The number of hydrogen-bond acceptors (Lipinski definition) is 3. The highest BCUT2D eigenvalue weighted by Gasteiger charge is 2.43. The van der Waals surface area contributed by atoms with Gasteiger partial charge in [-0.15, -0.1) is 0 Å². The molecule has 0 radical (unpaired) electrons. The van der Waals surface area contributed by atoms with Crippen LogP contribution in [0.5, 0.6) is 0 Å². The molecule has 1 aromatic rings. The van der Waals surface area contributed by atoms with E-state index in [4.69, 9.17) is 4.74 Å². The Labute approximate surface area is 144 Å². The van der Waals surface area contributed by atoms with Crippen LogP contribution in [0.1, 0.15) is 57.1 Å². The van der Waals surface area contributed by atoms with Crippen LogP contribution in [-0.2, 0) is 11.2 Å². The molecule has 1 fully saturated rings. The molecule has 3 heterocycles. The Morgan fingerprint density at radius 2 is 2.04 bits per heavy atom. The van der Waals surface area contributed by atoms with Crippen molar-refractivity contribution in [3.05, 3.63) is 29.3 Å². The number of fused-ring (bicyclic) bond motifs is 3. The fourth-order valence-electron chi connectivity index (χ4n) is 4.66. The predicted molar refractivity (Wildman–Crippen MR) is 95.7 cm³/mol. The van der Waals surface area contributed by atoms with E-state index in [1.54, 1.807) is 0 Å². The van der Waals surface area contributed by atoms with Crippen LogP contribution in [0.25, 0.3) is 0 Å². The van der Waals surface area contributed by atoms with Crippen molar-refractivity contribution in [1.29, 1.82) is 0 Å². The molecule has 0 spiro atoms. The number of ether oxygens (including phenoxy) is 1. The maximum Gasteiger partial charge on any atom is 0.410 e. The molecule has 2 atom stereocenters. The SMILES string of the molecule is CC(C)(C)OC(=O)N1CCC[C@@H]2[C@H](C1)c1cccc3c1N2CCC3. The number of benzene rings is 1. The second-order valence-electron chi connectivity index (χ2n) is 8.39. The van der Waals surface area contributed by atoms with Crippen molar-refractivity contribution in [2.24, 2.45) is 0 Å². The molecule has 4 nitrogen and oxygen atoms in total. The zero-order valence-electron chi connectivity index (χ0n) is 15.0. The van der Waals surface area contributed by atoms with Gasteiger partial charge in [-0.05, 0) is 57.6 Å². The van der Waals surface area contributed by atoms with Gasteiger partial charge in [0, 0.05) is 37.3 Å². The van der Waals surface area contributed by atoms with Gasteiger partial charge in [0.2, 0.25) is 0 Å². The molecule has 0 N–H and O–H groups in total. The quantitative estimate of drug-likeness (QED) is 0.723. The van der Waals surface area contributed by atoms with Crippen LogP contribution in [0.3, 0.4) is 0 Å². The van der Waals surface area contributed by atoms with Gasteiger partial charge in [0.1, 0.15) is 5.60 Å². The third-order valence-electron chi connectivity index (χ3n) is 5.54. The lowest BCUT2D eigenvalue weighted by molar-refractivity contribution is 0.0248. The van der Waals surface area contributed by atoms with Crippen molar-refractivity contribution < 1.29 is 9.53 Å². The minimum atomic E-state index is -0.432.